The molecule has 0 aromatic heterocycles. The van der Waals surface area contributed by atoms with Crippen LogP contribution in [0.15, 0.2) is 24.3 Å². The summed E-state index contributed by atoms with van der Waals surface area (Å²) in [4.78, 5) is 0. The normalized spacial score (nSPS) is 16.9. The van der Waals surface area contributed by atoms with Crippen LogP contribution in [-0.4, -0.2) is 17.3 Å². The van der Waals surface area contributed by atoms with E-state index in [1.54, 1.807) is 0 Å². The molecule has 0 unspecified atom stereocenters. The first kappa shape index (κ1) is 11.9. The van der Waals surface area contributed by atoms with Gasteiger partial charge in [0, 0.05) is 12.3 Å². The third-order valence-electron chi connectivity index (χ3n) is 3.38. The van der Waals surface area contributed by atoms with E-state index in [4.69, 9.17) is 10.4 Å². The van der Waals surface area contributed by atoms with Crippen LogP contribution in [-0.2, 0) is 6.42 Å². The summed E-state index contributed by atoms with van der Waals surface area (Å²) < 4.78 is 0. The van der Waals surface area contributed by atoms with Gasteiger partial charge in [-0.25, -0.2) is 0 Å². The summed E-state index contributed by atoms with van der Waals surface area (Å²) in [7, 11) is 0. The highest BCUT2D eigenvalue weighted by atomic mass is 16.2. The van der Waals surface area contributed by atoms with Gasteiger partial charge in [-0.15, -0.1) is 0 Å². The number of aryl methyl sites for hydroxylation is 1. The lowest BCUT2D eigenvalue weighted by Gasteiger charge is -2.36. The molecule has 2 N–H and O–H groups in total. The smallest absolute Gasteiger partial charge is 0.125 e. The largest absolute Gasteiger partial charge is 0.396 e. The minimum absolute atomic E-state index is 0.234. The van der Waals surface area contributed by atoms with Crippen LogP contribution in [0.3, 0.4) is 0 Å². The molecule has 1 aliphatic carbocycles. The quantitative estimate of drug-likeness (QED) is 0.817. The number of rotatable bonds is 5. The molecular formula is C14H18N2O. The molecule has 0 amide bonds. The van der Waals surface area contributed by atoms with Crippen LogP contribution < -0.4 is 5.32 Å². The SMILES string of the molecule is N#CC1(Nc2ccc(CCCO)cc2)CCC1. The molecular weight excluding hydrogens is 212 g/mol. The van der Waals surface area contributed by atoms with E-state index in [1.165, 1.54) is 5.56 Å². The van der Waals surface area contributed by atoms with Crippen LogP contribution in [0.25, 0.3) is 0 Å². The third-order valence-corrected chi connectivity index (χ3v) is 3.38. The number of hydrogen-bond donors (Lipinski definition) is 2. The highest BCUT2D eigenvalue weighted by Crippen LogP contribution is 2.34. The van der Waals surface area contributed by atoms with Gasteiger partial charge in [-0.2, -0.15) is 5.26 Å². The summed E-state index contributed by atoms with van der Waals surface area (Å²) in [6, 6.07) is 10.5. The zero-order valence-corrected chi connectivity index (χ0v) is 9.95. The summed E-state index contributed by atoms with van der Waals surface area (Å²) in [6.07, 6.45) is 4.72. The fourth-order valence-electron chi connectivity index (χ4n) is 2.11. The van der Waals surface area contributed by atoms with E-state index in [2.05, 4.69) is 23.5 Å². The summed E-state index contributed by atoms with van der Waals surface area (Å²) in [5.74, 6) is 0. The monoisotopic (exact) mass is 230 g/mol. The van der Waals surface area contributed by atoms with Crippen molar-refractivity contribution >= 4 is 5.69 Å². The van der Waals surface area contributed by atoms with Crippen LogP contribution in [0.4, 0.5) is 5.69 Å². The van der Waals surface area contributed by atoms with Crippen molar-refractivity contribution in [3.63, 3.8) is 0 Å². The Bertz CT molecular complexity index is 401. The van der Waals surface area contributed by atoms with Crippen molar-refractivity contribution in [1.82, 2.24) is 0 Å². The summed E-state index contributed by atoms with van der Waals surface area (Å²) in [5, 5.41) is 21.2. The Morgan fingerprint density at radius 2 is 2.00 bits per heavy atom. The Morgan fingerprint density at radius 3 is 2.47 bits per heavy atom. The van der Waals surface area contributed by atoms with E-state index in [0.717, 1.165) is 37.8 Å². The molecule has 1 aliphatic rings. The molecule has 17 heavy (non-hydrogen) atoms. The molecule has 3 nitrogen and oxygen atoms in total. The van der Waals surface area contributed by atoms with Crippen molar-refractivity contribution in [3.05, 3.63) is 29.8 Å². The number of anilines is 1. The maximum atomic E-state index is 9.13. The van der Waals surface area contributed by atoms with Gasteiger partial charge in [0.1, 0.15) is 5.54 Å². The molecule has 1 aromatic rings. The lowest BCUT2D eigenvalue weighted by Crippen LogP contribution is -2.43. The molecule has 3 heteroatoms. The van der Waals surface area contributed by atoms with Gasteiger partial charge < -0.3 is 10.4 Å². The van der Waals surface area contributed by atoms with E-state index in [9.17, 15) is 0 Å². The number of benzene rings is 1. The van der Waals surface area contributed by atoms with Crippen molar-refractivity contribution in [1.29, 1.82) is 5.26 Å². The van der Waals surface area contributed by atoms with Crippen molar-refractivity contribution < 1.29 is 5.11 Å². The van der Waals surface area contributed by atoms with Crippen molar-refractivity contribution in [2.24, 2.45) is 0 Å². The Morgan fingerprint density at radius 1 is 1.29 bits per heavy atom. The molecule has 2 rings (SSSR count). The van der Waals surface area contributed by atoms with Gasteiger partial charge in [-0.05, 0) is 49.8 Å². The van der Waals surface area contributed by atoms with E-state index in [1.807, 2.05) is 12.1 Å². The van der Waals surface area contributed by atoms with Gasteiger partial charge in [0.2, 0.25) is 0 Å². The Balaban J connectivity index is 1.96. The van der Waals surface area contributed by atoms with Gasteiger partial charge in [-0.1, -0.05) is 12.1 Å². The number of nitrogens with zero attached hydrogens (tertiary/aromatic N) is 1. The third kappa shape index (κ3) is 2.78. The maximum Gasteiger partial charge on any atom is 0.125 e. The first-order valence-corrected chi connectivity index (χ1v) is 6.17. The van der Waals surface area contributed by atoms with Crippen LogP contribution in [0, 0.1) is 11.3 Å². The molecule has 0 bridgehead atoms. The minimum atomic E-state index is -0.327. The van der Waals surface area contributed by atoms with Crippen LogP contribution >= 0.6 is 0 Å². The van der Waals surface area contributed by atoms with Crippen LogP contribution in [0.5, 0.6) is 0 Å². The fourth-order valence-corrected chi connectivity index (χ4v) is 2.11. The van der Waals surface area contributed by atoms with Gasteiger partial charge in [-0.3, -0.25) is 0 Å². The molecule has 0 atom stereocenters. The van der Waals surface area contributed by atoms with Crippen molar-refractivity contribution in [2.45, 2.75) is 37.6 Å². The molecule has 0 saturated heterocycles. The standard InChI is InChI=1S/C14H18N2O/c15-11-14(8-2-9-14)16-13-6-4-12(5-7-13)3-1-10-17/h4-7,16-17H,1-3,8-10H2. The zero-order chi connectivity index (χ0) is 12.1. The molecule has 1 fully saturated rings. The summed E-state index contributed by atoms with van der Waals surface area (Å²) in [6.45, 7) is 0.234. The molecule has 1 saturated carbocycles. The van der Waals surface area contributed by atoms with Crippen LogP contribution in [0.2, 0.25) is 0 Å². The molecule has 0 radical (unpaired) electrons. The number of hydrogen-bond acceptors (Lipinski definition) is 3. The molecule has 90 valence electrons. The first-order valence-electron chi connectivity index (χ1n) is 6.17. The van der Waals surface area contributed by atoms with Crippen molar-refractivity contribution in [3.8, 4) is 6.07 Å². The molecule has 1 aromatic carbocycles. The topological polar surface area (TPSA) is 56.0 Å². The molecule has 0 spiro atoms. The Labute approximate surface area is 102 Å². The van der Waals surface area contributed by atoms with Gasteiger partial charge >= 0.3 is 0 Å². The predicted molar refractivity (Wildman–Crippen MR) is 67.7 cm³/mol. The second-order valence-electron chi connectivity index (χ2n) is 4.70. The van der Waals surface area contributed by atoms with E-state index in [-0.39, 0.29) is 12.1 Å². The molecule has 0 aliphatic heterocycles. The van der Waals surface area contributed by atoms with Gasteiger partial charge in [0.05, 0.1) is 6.07 Å². The van der Waals surface area contributed by atoms with Gasteiger partial charge in [0.25, 0.3) is 0 Å². The second kappa shape index (κ2) is 5.20. The number of aliphatic hydroxyl groups excluding tert-OH is 1. The predicted octanol–water partition coefficient (Wildman–Crippen LogP) is 2.47. The Hall–Kier alpha value is -1.53. The number of aliphatic hydroxyl groups is 1. The van der Waals surface area contributed by atoms with E-state index in [0.29, 0.717) is 0 Å². The number of nitriles is 1. The average molecular weight is 230 g/mol. The maximum absolute atomic E-state index is 9.13. The first-order chi connectivity index (χ1) is 8.28. The lowest BCUT2D eigenvalue weighted by atomic mass is 9.78. The second-order valence-corrected chi connectivity index (χ2v) is 4.70. The van der Waals surface area contributed by atoms with E-state index >= 15 is 0 Å². The minimum Gasteiger partial charge on any atom is -0.396 e. The van der Waals surface area contributed by atoms with Crippen LogP contribution in [0.1, 0.15) is 31.2 Å². The molecule has 0 heterocycles. The Kier molecular flexibility index (Phi) is 3.65. The lowest BCUT2D eigenvalue weighted by molar-refractivity contribution is 0.288. The van der Waals surface area contributed by atoms with Gasteiger partial charge in [0.15, 0.2) is 0 Å². The number of nitrogens with one attached hydrogen (secondary N) is 1. The fraction of sp³-hybridized carbons (Fsp3) is 0.500. The van der Waals surface area contributed by atoms with Crippen molar-refractivity contribution in [2.75, 3.05) is 11.9 Å². The van der Waals surface area contributed by atoms with E-state index < -0.39 is 0 Å². The summed E-state index contributed by atoms with van der Waals surface area (Å²) in [5.41, 5.74) is 1.91. The highest BCUT2D eigenvalue weighted by Gasteiger charge is 2.36. The average Bonchev–Trinajstić information content (AvgIpc) is 2.33. The zero-order valence-electron chi connectivity index (χ0n) is 9.95. The highest BCUT2D eigenvalue weighted by molar-refractivity contribution is 5.49. The summed E-state index contributed by atoms with van der Waals surface area (Å²) >= 11 is 0.